The van der Waals surface area contributed by atoms with Crippen LogP contribution in [0.3, 0.4) is 0 Å². The van der Waals surface area contributed by atoms with Gasteiger partial charge < -0.3 is 30.8 Å². The van der Waals surface area contributed by atoms with Crippen LogP contribution in [0.15, 0.2) is 54.6 Å². The van der Waals surface area contributed by atoms with Crippen LogP contribution in [0.25, 0.3) is 0 Å². The Morgan fingerprint density at radius 2 is 1.50 bits per heavy atom. The number of hydrogen-bond donors (Lipinski definition) is 6. The van der Waals surface area contributed by atoms with Crippen molar-refractivity contribution in [3.8, 4) is 23.0 Å². The average Bonchev–Trinajstić information content (AvgIpc) is 2.71. The predicted molar refractivity (Wildman–Crippen MR) is 114 cm³/mol. The number of aromatic hydroxyl groups is 2. The number of carboxylic acid groups (broad SMARTS) is 1. The molecule has 1 heterocycles. The molecular formula is C21H17N3O5S. The van der Waals surface area contributed by atoms with Crippen LogP contribution in [0, 0.1) is 0 Å². The molecule has 152 valence electrons. The van der Waals surface area contributed by atoms with E-state index < -0.39 is 11.9 Å². The van der Waals surface area contributed by atoms with Gasteiger partial charge in [-0.15, -0.1) is 0 Å². The molecule has 9 heteroatoms. The Morgan fingerprint density at radius 1 is 0.933 bits per heavy atom. The highest BCUT2D eigenvalue weighted by Gasteiger charge is 2.32. The molecule has 0 aliphatic carbocycles. The van der Waals surface area contributed by atoms with Crippen LogP contribution >= 0.6 is 12.2 Å². The molecule has 0 saturated heterocycles. The van der Waals surface area contributed by atoms with E-state index in [4.69, 9.17) is 22.8 Å². The second-order valence-corrected chi connectivity index (χ2v) is 7.09. The van der Waals surface area contributed by atoms with Gasteiger partial charge in [-0.2, -0.15) is 0 Å². The minimum Gasteiger partial charge on any atom is -0.508 e. The summed E-state index contributed by atoms with van der Waals surface area (Å²) in [5, 5.41) is 32.6. The highest BCUT2D eigenvalue weighted by molar-refractivity contribution is 7.80. The maximum Gasteiger partial charge on any atom is 0.336 e. The van der Waals surface area contributed by atoms with Crippen molar-refractivity contribution in [3.05, 3.63) is 76.9 Å². The second kappa shape index (κ2) is 7.54. The number of ether oxygens (including phenoxy) is 1. The molecule has 7 N–H and O–H groups in total. The summed E-state index contributed by atoms with van der Waals surface area (Å²) in [5.74, 6) is 4.44. The second-order valence-electron chi connectivity index (χ2n) is 6.68. The number of carboxylic acids is 1. The monoisotopic (exact) mass is 423 g/mol. The lowest BCUT2D eigenvalue weighted by Gasteiger charge is -2.29. The molecule has 30 heavy (non-hydrogen) atoms. The van der Waals surface area contributed by atoms with Crippen molar-refractivity contribution >= 4 is 29.0 Å². The molecule has 0 radical (unpaired) electrons. The Kier molecular flexibility index (Phi) is 4.90. The van der Waals surface area contributed by atoms with E-state index in [2.05, 4.69) is 10.7 Å². The van der Waals surface area contributed by atoms with E-state index in [1.54, 1.807) is 24.3 Å². The first-order valence-electron chi connectivity index (χ1n) is 8.86. The molecule has 3 aromatic rings. The molecule has 8 nitrogen and oxygen atoms in total. The van der Waals surface area contributed by atoms with Crippen molar-refractivity contribution in [1.29, 1.82) is 0 Å². The molecule has 0 bridgehead atoms. The number of thiocarbonyl (C=S) groups is 1. The molecular weight excluding hydrogens is 406 g/mol. The van der Waals surface area contributed by atoms with Gasteiger partial charge in [-0.1, -0.05) is 18.2 Å². The summed E-state index contributed by atoms with van der Waals surface area (Å²) < 4.78 is 5.86. The van der Waals surface area contributed by atoms with E-state index in [9.17, 15) is 20.1 Å². The number of rotatable bonds is 3. The number of hydrogen-bond acceptors (Lipinski definition) is 6. The third-order valence-electron chi connectivity index (χ3n) is 4.82. The fourth-order valence-corrected chi connectivity index (χ4v) is 3.68. The summed E-state index contributed by atoms with van der Waals surface area (Å²) in [6.07, 6.45) is 0. The Hall–Kier alpha value is -3.82. The number of fused-ring (bicyclic) bond motifs is 2. The Balaban J connectivity index is 1.92. The normalized spacial score (nSPS) is 12.3. The number of hydrazine groups is 1. The Morgan fingerprint density at radius 3 is 2.03 bits per heavy atom. The number of phenols is 2. The van der Waals surface area contributed by atoms with Crippen LogP contribution < -0.4 is 21.3 Å². The summed E-state index contributed by atoms with van der Waals surface area (Å²) in [4.78, 5) is 12.1. The Labute approximate surface area is 176 Å². The van der Waals surface area contributed by atoms with Crippen molar-refractivity contribution in [2.24, 2.45) is 5.84 Å². The summed E-state index contributed by atoms with van der Waals surface area (Å²) in [6.45, 7) is 0. The van der Waals surface area contributed by atoms with Crippen LogP contribution in [0.1, 0.15) is 33.0 Å². The zero-order valence-corrected chi connectivity index (χ0v) is 16.2. The lowest BCUT2D eigenvalue weighted by molar-refractivity contribution is 0.0695. The molecule has 4 rings (SSSR count). The van der Waals surface area contributed by atoms with Gasteiger partial charge in [0.1, 0.15) is 23.0 Å². The highest BCUT2D eigenvalue weighted by Crippen LogP contribution is 2.49. The zero-order valence-electron chi connectivity index (χ0n) is 15.4. The third-order valence-corrected chi connectivity index (χ3v) is 5.04. The first kappa shape index (κ1) is 19.5. The quantitative estimate of drug-likeness (QED) is 0.167. The van der Waals surface area contributed by atoms with Gasteiger partial charge in [0.05, 0.1) is 5.56 Å². The van der Waals surface area contributed by atoms with E-state index in [1.807, 2.05) is 0 Å². The summed E-state index contributed by atoms with van der Waals surface area (Å²) >= 11 is 4.97. The van der Waals surface area contributed by atoms with Crippen LogP contribution in [0.5, 0.6) is 23.0 Å². The maximum absolute atomic E-state index is 12.1. The number of nitrogens with one attached hydrogen (secondary N) is 2. The summed E-state index contributed by atoms with van der Waals surface area (Å²) in [6, 6.07) is 14.2. The first-order valence-corrected chi connectivity index (χ1v) is 9.26. The molecule has 0 atom stereocenters. The lowest BCUT2D eigenvalue weighted by Crippen LogP contribution is -2.34. The van der Waals surface area contributed by atoms with Gasteiger partial charge >= 0.3 is 5.97 Å². The highest BCUT2D eigenvalue weighted by atomic mass is 32.1. The molecule has 0 saturated carbocycles. The van der Waals surface area contributed by atoms with E-state index >= 15 is 0 Å². The smallest absolute Gasteiger partial charge is 0.336 e. The molecule has 0 unspecified atom stereocenters. The molecule has 0 spiro atoms. The van der Waals surface area contributed by atoms with Gasteiger partial charge in [-0.3, -0.25) is 0 Å². The molecule has 0 fully saturated rings. The summed E-state index contributed by atoms with van der Waals surface area (Å²) in [7, 11) is 0. The van der Waals surface area contributed by atoms with E-state index in [0.717, 1.165) is 0 Å². The first-order chi connectivity index (χ1) is 14.4. The number of nitrogens with two attached hydrogens (primary N) is 1. The molecule has 1 aliphatic heterocycles. The summed E-state index contributed by atoms with van der Waals surface area (Å²) in [5.41, 5.74) is 4.70. The maximum atomic E-state index is 12.1. The van der Waals surface area contributed by atoms with Gasteiger partial charge in [0, 0.05) is 34.9 Å². The molecule has 0 amide bonds. The number of anilines is 1. The minimum atomic E-state index is -1.12. The van der Waals surface area contributed by atoms with Gasteiger partial charge in [-0.25, -0.2) is 10.6 Å². The van der Waals surface area contributed by atoms with Gasteiger partial charge in [0.25, 0.3) is 0 Å². The average molecular weight is 423 g/mol. The van der Waals surface area contributed by atoms with Gasteiger partial charge in [0.2, 0.25) is 0 Å². The van der Waals surface area contributed by atoms with Gasteiger partial charge in [-0.05, 0) is 42.0 Å². The molecule has 3 aromatic carbocycles. The van der Waals surface area contributed by atoms with Crippen LogP contribution in [0.4, 0.5) is 5.69 Å². The SMILES string of the molecule is NNC(=S)Nc1ccc(C2c3ccc(O)cc3Oc3cc(O)ccc32)c(C(=O)O)c1. The molecule has 0 aromatic heterocycles. The van der Waals surface area contributed by atoms with Crippen molar-refractivity contribution in [3.63, 3.8) is 0 Å². The van der Waals surface area contributed by atoms with E-state index in [1.165, 1.54) is 30.3 Å². The topological polar surface area (TPSA) is 137 Å². The van der Waals surface area contributed by atoms with Crippen LogP contribution in [-0.2, 0) is 0 Å². The third kappa shape index (κ3) is 3.47. The van der Waals surface area contributed by atoms with Crippen LogP contribution in [-0.4, -0.2) is 26.4 Å². The Bertz CT molecular complexity index is 1130. The minimum absolute atomic E-state index is 0.0110. The number of benzene rings is 3. The van der Waals surface area contributed by atoms with Crippen LogP contribution in [0.2, 0.25) is 0 Å². The fourth-order valence-electron chi connectivity index (χ4n) is 3.56. The number of carbonyl (C=O) groups is 1. The molecule has 1 aliphatic rings. The van der Waals surface area contributed by atoms with Crippen molar-refractivity contribution < 1.29 is 24.9 Å². The van der Waals surface area contributed by atoms with E-state index in [-0.39, 0.29) is 22.2 Å². The van der Waals surface area contributed by atoms with Crippen molar-refractivity contribution in [1.82, 2.24) is 5.43 Å². The van der Waals surface area contributed by atoms with Crippen molar-refractivity contribution in [2.45, 2.75) is 5.92 Å². The standard InChI is InChI=1S/C21H17N3O5S/c22-24-21(30)23-10-1-4-13(16(7-10)20(27)28)19-14-5-2-11(25)8-17(14)29-18-9-12(26)3-6-15(18)19/h1-9,19,25-26H,22H2,(H,27,28)(H2,23,24,30). The number of phenolic OH excluding ortho intramolecular Hbond substituents is 2. The lowest BCUT2D eigenvalue weighted by atomic mass is 9.80. The van der Waals surface area contributed by atoms with E-state index in [0.29, 0.717) is 33.9 Å². The van der Waals surface area contributed by atoms with Gasteiger partial charge in [0.15, 0.2) is 5.11 Å². The van der Waals surface area contributed by atoms with Crippen molar-refractivity contribution in [2.75, 3.05) is 5.32 Å². The number of aromatic carboxylic acids is 1. The largest absolute Gasteiger partial charge is 0.508 e. The fraction of sp³-hybridized carbons (Fsp3) is 0.0476. The zero-order chi connectivity index (χ0) is 21.4. The predicted octanol–water partition coefficient (Wildman–Crippen LogP) is 3.24.